The minimum absolute atomic E-state index is 0.0749. The molecule has 8 heteroatoms. The Morgan fingerprint density at radius 3 is 2.75 bits per heavy atom. The second-order valence-electron chi connectivity index (χ2n) is 6.44. The molecule has 1 aromatic carbocycles. The molecule has 0 aromatic heterocycles. The molecular formula is C16H19ClN2O3S2. The minimum Gasteiger partial charge on any atom is -0.315 e. The predicted octanol–water partition coefficient (Wildman–Crippen LogP) is 2.91. The lowest BCUT2D eigenvalue weighted by Gasteiger charge is -2.26. The van der Waals surface area contributed by atoms with Gasteiger partial charge in [0, 0.05) is 21.9 Å². The van der Waals surface area contributed by atoms with Crippen molar-refractivity contribution in [1.82, 2.24) is 0 Å². The Labute approximate surface area is 151 Å². The third-order valence-electron chi connectivity index (χ3n) is 4.26. The summed E-state index contributed by atoms with van der Waals surface area (Å²) in [5, 5.41) is 1.08. The number of hydrogen-bond acceptors (Lipinski definition) is 4. The van der Waals surface area contributed by atoms with Crippen molar-refractivity contribution in [3.63, 3.8) is 0 Å². The Bertz CT molecular complexity index is 821. The summed E-state index contributed by atoms with van der Waals surface area (Å²) in [6, 6.07) is 5.30. The summed E-state index contributed by atoms with van der Waals surface area (Å²) in [5.41, 5.74) is 1.67. The number of benzene rings is 1. The number of nitrogens with zero attached hydrogens (tertiary/aromatic N) is 2. The number of fused-ring (bicyclic) bond motifs is 1. The third-order valence-corrected chi connectivity index (χ3v) is 7.88. The van der Waals surface area contributed by atoms with Gasteiger partial charge < -0.3 is 4.90 Å². The van der Waals surface area contributed by atoms with E-state index in [0.29, 0.717) is 10.2 Å². The maximum absolute atomic E-state index is 12.1. The molecule has 0 radical (unpaired) electrons. The number of sulfone groups is 1. The number of amides is 1. The van der Waals surface area contributed by atoms with Gasteiger partial charge in [-0.1, -0.05) is 43.3 Å². The van der Waals surface area contributed by atoms with Crippen LogP contribution in [0, 0.1) is 12.8 Å². The van der Waals surface area contributed by atoms with Gasteiger partial charge in [-0.05, 0) is 24.6 Å². The maximum Gasteiger partial charge on any atom is 0.250 e. The highest BCUT2D eigenvalue weighted by molar-refractivity contribution is 8.16. The molecule has 0 aliphatic carbocycles. The SMILES string of the molecule is Cc1c(Cl)cccc1N1C(=NC(=O)C(C)C)SC2CS(=O)(=O)CC21. The van der Waals surface area contributed by atoms with Crippen LogP contribution in [0.3, 0.4) is 0 Å². The molecule has 0 bridgehead atoms. The maximum atomic E-state index is 12.1. The minimum atomic E-state index is -3.07. The zero-order chi connectivity index (χ0) is 17.6. The summed E-state index contributed by atoms with van der Waals surface area (Å²) >= 11 is 7.62. The highest BCUT2D eigenvalue weighted by atomic mass is 35.5. The molecule has 2 saturated heterocycles. The number of aliphatic imine (C=N–C) groups is 1. The molecule has 0 N–H and O–H groups in total. The largest absolute Gasteiger partial charge is 0.315 e. The van der Waals surface area contributed by atoms with Gasteiger partial charge in [-0.25, -0.2) is 8.42 Å². The number of carbonyl (C=O) groups is 1. The van der Waals surface area contributed by atoms with Gasteiger partial charge in [0.25, 0.3) is 5.91 Å². The van der Waals surface area contributed by atoms with E-state index in [0.717, 1.165) is 11.3 Å². The van der Waals surface area contributed by atoms with Gasteiger partial charge in [0.1, 0.15) is 0 Å². The van der Waals surface area contributed by atoms with Gasteiger partial charge in [-0.2, -0.15) is 4.99 Å². The van der Waals surface area contributed by atoms with Crippen molar-refractivity contribution in [2.45, 2.75) is 32.1 Å². The van der Waals surface area contributed by atoms with Crippen LogP contribution in [0.1, 0.15) is 19.4 Å². The van der Waals surface area contributed by atoms with Crippen LogP contribution < -0.4 is 4.90 Å². The average Bonchev–Trinajstić information content (AvgIpc) is 2.93. The van der Waals surface area contributed by atoms with Crippen molar-refractivity contribution in [3.8, 4) is 0 Å². The molecule has 0 spiro atoms. The van der Waals surface area contributed by atoms with Crippen LogP contribution in [0.2, 0.25) is 5.02 Å². The van der Waals surface area contributed by atoms with Gasteiger partial charge in [0.05, 0.1) is 17.5 Å². The van der Waals surface area contributed by atoms with Crippen molar-refractivity contribution in [3.05, 3.63) is 28.8 Å². The number of halogens is 1. The van der Waals surface area contributed by atoms with E-state index in [4.69, 9.17) is 11.6 Å². The first kappa shape index (κ1) is 17.8. The van der Waals surface area contributed by atoms with Crippen molar-refractivity contribution in [2.24, 2.45) is 10.9 Å². The summed E-state index contributed by atoms with van der Waals surface area (Å²) in [6.07, 6.45) is 0. The lowest BCUT2D eigenvalue weighted by Crippen LogP contribution is -2.38. The van der Waals surface area contributed by atoms with E-state index in [1.165, 1.54) is 11.8 Å². The number of carbonyl (C=O) groups excluding carboxylic acids is 1. The Morgan fingerprint density at radius 2 is 2.08 bits per heavy atom. The molecule has 1 amide bonds. The lowest BCUT2D eigenvalue weighted by atomic mass is 10.1. The zero-order valence-corrected chi connectivity index (χ0v) is 16.1. The fourth-order valence-electron chi connectivity index (χ4n) is 2.93. The first-order valence-corrected chi connectivity index (χ1v) is 10.8. The second kappa shape index (κ2) is 6.35. The van der Waals surface area contributed by atoms with Crippen LogP contribution in [-0.2, 0) is 14.6 Å². The third kappa shape index (κ3) is 3.21. The van der Waals surface area contributed by atoms with E-state index >= 15 is 0 Å². The Hall–Kier alpha value is -1.05. The molecule has 130 valence electrons. The first-order valence-electron chi connectivity index (χ1n) is 7.73. The monoisotopic (exact) mass is 386 g/mol. The summed E-state index contributed by atoms with van der Waals surface area (Å²) in [4.78, 5) is 18.3. The molecule has 0 saturated carbocycles. The molecule has 2 aliphatic heterocycles. The van der Waals surface area contributed by atoms with E-state index in [1.807, 2.05) is 24.0 Å². The number of thioether (sulfide) groups is 1. The molecule has 3 rings (SSSR count). The fraction of sp³-hybridized carbons (Fsp3) is 0.500. The smallest absolute Gasteiger partial charge is 0.250 e. The number of hydrogen-bond donors (Lipinski definition) is 0. The van der Waals surface area contributed by atoms with Crippen molar-refractivity contribution in [2.75, 3.05) is 16.4 Å². The molecular weight excluding hydrogens is 368 g/mol. The molecule has 24 heavy (non-hydrogen) atoms. The average molecular weight is 387 g/mol. The van der Waals surface area contributed by atoms with Gasteiger partial charge >= 0.3 is 0 Å². The number of anilines is 1. The normalized spacial score (nSPS) is 27.0. The molecule has 2 fully saturated rings. The van der Waals surface area contributed by atoms with Crippen LogP contribution in [0.25, 0.3) is 0 Å². The molecule has 2 atom stereocenters. The van der Waals surface area contributed by atoms with Crippen LogP contribution in [0.15, 0.2) is 23.2 Å². The lowest BCUT2D eigenvalue weighted by molar-refractivity contribution is -0.120. The summed E-state index contributed by atoms with van der Waals surface area (Å²) < 4.78 is 24.1. The Balaban J connectivity index is 2.08. The molecule has 5 nitrogen and oxygen atoms in total. The van der Waals surface area contributed by atoms with Gasteiger partial charge in [0.15, 0.2) is 15.0 Å². The standard InChI is InChI=1S/C16H19ClN2O3S2/c1-9(2)15(20)18-16-19(12-6-4-5-11(17)10(12)3)13-7-24(21,22)8-14(13)23-16/h4-6,9,13-14H,7-8H2,1-3H3. The van der Waals surface area contributed by atoms with Crippen LogP contribution in [-0.4, -0.2) is 42.3 Å². The highest BCUT2D eigenvalue weighted by Gasteiger charge is 2.49. The van der Waals surface area contributed by atoms with E-state index in [2.05, 4.69) is 4.99 Å². The first-order chi connectivity index (χ1) is 11.2. The van der Waals surface area contributed by atoms with E-state index in [1.54, 1.807) is 19.9 Å². The molecule has 1 aromatic rings. The molecule has 2 heterocycles. The number of rotatable bonds is 2. The summed E-state index contributed by atoms with van der Waals surface area (Å²) in [6.45, 7) is 5.49. The van der Waals surface area contributed by atoms with Crippen molar-refractivity contribution >= 4 is 50.0 Å². The second-order valence-corrected chi connectivity index (χ2v) is 10.2. The quantitative estimate of drug-likeness (QED) is 0.781. The van der Waals surface area contributed by atoms with Crippen molar-refractivity contribution < 1.29 is 13.2 Å². The Morgan fingerprint density at radius 1 is 1.38 bits per heavy atom. The van der Waals surface area contributed by atoms with Crippen LogP contribution in [0.4, 0.5) is 5.69 Å². The van der Waals surface area contributed by atoms with Gasteiger partial charge in [0.2, 0.25) is 0 Å². The summed E-state index contributed by atoms with van der Waals surface area (Å²) in [7, 11) is -3.07. The zero-order valence-electron chi connectivity index (χ0n) is 13.7. The predicted molar refractivity (Wildman–Crippen MR) is 99.8 cm³/mol. The fourth-order valence-corrected chi connectivity index (χ4v) is 7.01. The Kier molecular flexibility index (Phi) is 4.70. The van der Waals surface area contributed by atoms with E-state index < -0.39 is 9.84 Å². The molecule has 2 unspecified atom stereocenters. The topological polar surface area (TPSA) is 66.8 Å². The number of amidine groups is 1. The molecule has 2 aliphatic rings. The van der Waals surface area contributed by atoms with Gasteiger partial charge in [-0.15, -0.1) is 0 Å². The van der Waals surface area contributed by atoms with E-state index in [-0.39, 0.29) is 34.6 Å². The van der Waals surface area contributed by atoms with Crippen molar-refractivity contribution in [1.29, 1.82) is 0 Å². The summed E-state index contributed by atoms with van der Waals surface area (Å²) in [5.74, 6) is -0.214. The van der Waals surface area contributed by atoms with E-state index in [9.17, 15) is 13.2 Å². The van der Waals surface area contributed by atoms with Gasteiger partial charge in [-0.3, -0.25) is 4.79 Å². The highest BCUT2D eigenvalue weighted by Crippen LogP contribution is 2.42. The van der Waals surface area contributed by atoms with Crippen LogP contribution >= 0.6 is 23.4 Å². The van der Waals surface area contributed by atoms with Crippen LogP contribution in [0.5, 0.6) is 0 Å².